The van der Waals surface area contributed by atoms with E-state index >= 15 is 0 Å². The van der Waals surface area contributed by atoms with Gasteiger partial charge >= 0.3 is 0 Å². The summed E-state index contributed by atoms with van der Waals surface area (Å²) in [4.78, 5) is 12.2. The molecule has 86 valence electrons. The van der Waals surface area contributed by atoms with Gasteiger partial charge in [0.2, 0.25) is 0 Å². The lowest BCUT2D eigenvalue weighted by Crippen LogP contribution is -2.31. The lowest BCUT2D eigenvalue weighted by Gasteiger charge is -2.21. The van der Waals surface area contributed by atoms with Gasteiger partial charge in [0.15, 0.2) is 5.78 Å². The number of nitrogens with one attached hydrogen (secondary N) is 1. The second-order valence-electron chi connectivity index (χ2n) is 4.69. The maximum absolute atomic E-state index is 12.2. The highest BCUT2D eigenvalue weighted by Crippen LogP contribution is 2.19. The molecular weight excluding hydrogens is 198 g/mol. The molecule has 1 aliphatic heterocycles. The third-order valence-corrected chi connectivity index (χ3v) is 3.50. The normalized spacial score (nSPS) is 17.4. The molecule has 1 saturated heterocycles. The molecule has 1 aliphatic rings. The van der Waals surface area contributed by atoms with Gasteiger partial charge in [-0.15, -0.1) is 0 Å². The van der Waals surface area contributed by atoms with Crippen LogP contribution in [0.1, 0.15) is 34.3 Å². The van der Waals surface area contributed by atoms with Crippen molar-refractivity contribution in [2.75, 3.05) is 13.1 Å². The number of benzene rings is 1. The van der Waals surface area contributed by atoms with Crippen LogP contribution in [-0.4, -0.2) is 18.9 Å². The molecule has 2 nitrogen and oxygen atoms in total. The Morgan fingerprint density at radius 3 is 2.50 bits per heavy atom. The summed E-state index contributed by atoms with van der Waals surface area (Å²) in [5.41, 5.74) is 3.34. The number of hydrogen-bond acceptors (Lipinski definition) is 2. The van der Waals surface area contributed by atoms with Crippen LogP contribution in [0.3, 0.4) is 0 Å². The van der Waals surface area contributed by atoms with E-state index in [0.717, 1.165) is 31.5 Å². The van der Waals surface area contributed by atoms with Gasteiger partial charge in [-0.25, -0.2) is 0 Å². The number of hydrogen-bond donors (Lipinski definition) is 1. The standard InChI is InChI=1S/C14H19NO/c1-10-3-4-13(9-11(10)2)14(16)12-5-7-15-8-6-12/h3-4,9,12,15H,5-8H2,1-2H3. The zero-order chi connectivity index (χ0) is 11.5. The molecular formula is C14H19NO. The van der Waals surface area contributed by atoms with E-state index in [1.807, 2.05) is 18.2 Å². The van der Waals surface area contributed by atoms with Crippen molar-refractivity contribution in [2.24, 2.45) is 5.92 Å². The number of Topliss-reactive ketones (excluding diaryl/α,β-unsaturated/α-hetero) is 1. The van der Waals surface area contributed by atoms with E-state index in [1.165, 1.54) is 11.1 Å². The summed E-state index contributed by atoms with van der Waals surface area (Å²) < 4.78 is 0. The van der Waals surface area contributed by atoms with Gasteiger partial charge in [0.25, 0.3) is 0 Å². The zero-order valence-electron chi connectivity index (χ0n) is 10.0. The number of ketones is 1. The molecule has 1 aromatic rings. The zero-order valence-corrected chi connectivity index (χ0v) is 10.0. The van der Waals surface area contributed by atoms with E-state index in [2.05, 4.69) is 19.2 Å². The first kappa shape index (κ1) is 11.3. The van der Waals surface area contributed by atoms with Crippen LogP contribution in [0.2, 0.25) is 0 Å². The van der Waals surface area contributed by atoms with E-state index in [1.54, 1.807) is 0 Å². The third-order valence-electron chi connectivity index (χ3n) is 3.50. The smallest absolute Gasteiger partial charge is 0.166 e. The monoisotopic (exact) mass is 217 g/mol. The van der Waals surface area contributed by atoms with Gasteiger partial charge in [-0.1, -0.05) is 12.1 Å². The second kappa shape index (κ2) is 4.79. The summed E-state index contributed by atoms with van der Waals surface area (Å²) >= 11 is 0. The van der Waals surface area contributed by atoms with Crippen molar-refractivity contribution in [3.8, 4) is 0 Å². The summed E-state index contributed by atoms with van der Waals surface area (Å²) in [5, 5.41) is 3.29. The van der Waals surface area contributed by atoms with Gasteiger partial charge in [0, 0.05) is 11.5 Å². The van der Waals surface area contributed by atoms with E-state index < -0.39 is 0 Å². The van der Waals surface area contributed by atoms with Crippen LogP contribution in [0, 0.1) is 19.8 Å². The number of carbonyl (C=O) groups is 1. The van der Waals surface area contributed by atoms with E-state index in [0.29, 0.717) is 5.78 Å². The largest absolute Gasteiger partial charge is 0.317 e. The maximum atomic E-state index is 12.2. The fourth-order valence-corrected chi connectivity index (χ4v) is 2.21. The van der Waals surface area contributed by atoms with Crippen molar-refractivity contribution >= 4 is 5.78 Å². The number of rotatable bonds is 2. The molecule has 1 N–H and O–H groups in total. The summed E-state index contributed by atoms with van der Waals surface area (Å²) in [7, 11) is 0. The minimum Gasteiger partial charge on any atom is -0.317 e. The van der Waals surface area contributed by atoms with Crippen molar-refractivity contribution in [3.63, 3.8) is 0 Å². The average molecular weight is 217 g/mol. The molecule has 1 fully saturated rings. The Hall–Kier alpha value is -1.15. The predicted molar refractivity (Wildman–Crippen MR) is 65.8 cm³/mol. The lowest BCUT2D eigenvalue weighted by atomic mass is 9.89. The molecule has 0 saturated carbocycles. The van der Waals surface area contributed by atoms with E-state index in [-0.39, 0.29) is 5.92 Å². The van der Waals surface area contributed by atoms with Gasteiger partial charge < -0.3 is 5.32 Å². The van der Waals surface area contributed by atoms with Crippen LogP contribution < -0.4 is 5.32 Å². The summed E-state index contributed by atoms with van der Waals surface area (Å²) in [5.74, 6) is 0.549. The summed E-state index contributed by atoms with van der Waals surface area (Å²) in [6.45, 7) is 6.09. The number of carbonyl (C=O) groups excluding carboxylic acids is 1. The predicted octanol–water partition coefficient (Wildman–Crippen LogP) is 2.49. The molecule has 2 rings (SSSR count). The Morgan fingerprint density at radius 1 is 1.19 bits per heavy atom. The molecule has 0 atom stereocenters. The minimum absolute atomic E-state index is 0.225. The fraction of sp³-hybridized carbons (Fsp3) is 0.500. The highest BCUT2D eigenvalue weighted by atomic mass is 16.1. The van der Waals surface area contributed by atoms with Crippen LogP contribution >= 0.6 is 0 Å². The van der Waals surface area contributed by atoms with Gasteiger partial charge in [0.05, 0.1) is 0 Å². The molecule has 2 heteroatoms. The molecule has 0 aliphatic carbocycles. The number of aryl methyl sites for hydroxylation is 2. The summed E-state index contributed by atoms with van der Waals surface area (Å²) in [6, 6.07) is 6.04. The molecule has 0 aromatic heterocycles. The number of piperidine rings is 1. The van der Waals surface area contributed by atoms with Crippen molar-refractivity contribution in [1.82, 2.24) is 5.32 Å². The fourth-order valence-electron chi connectivity index (χ4n) is 2.21. The Balaban J connectivity index is 2.16. The topological polar surface area (TPSA) is 29.1 Å². The first-order chi connectivity index (χ1) is 7.68. The Bertz CT molecular complexity index is 392. The van der Waals surface area contributed by atoms with Crippen LogP contribution in [0.5, 0.6) is 0 Å². The maximum Gasteiger partial charge on any atom is 0.166 e. The van der Waals surface area contributed by atoms with E-state index in [9.17, 15) is 4.79 Å². The van der Waals surface area contributed by atoms with Crippen molar-refractivity contribution in [2.45, 2.75) is 26.7 Å². The molecule has 0 amide bonds. The lowest BCUT2D eigenvalue weighted by molar-refractivity contribution is 0.0895. The summed E-state index contributed by atoms with van der Waals surface area (Å²) in [6.07, 6.45) is 1.96. The molecule has 0 bridgehead atoms. The highest BCUT2D eigenvalue weighted by Gasteiger charge is 2.22. The van der Waals surface area contributed by atoms with Gasteiger partial charge in [-0.2, -0.15) is 0 Å². The molecule has 1 aromatic carbocycles. The molecule has 0 spiro atoms. The van der Waals surface area contributed by atoms with Gasteiger partial charge in [-0.05, 0) is 57.0 Å². The van der Waals surface area contributed by atoms with E-state index in [4.69, 9.17) is 0 Å². The average Bonchev–Trinajstić information content (AvgIpc) is 2.33. The van der Waals surface area contributed by atoms with Crippen LogP contribution in [0.25, 0.3) is 0 Å². The van der Waals surface area contributed by atoms with Crippen LogP contribution in [0.15, 0.2) is 18.2 Å². The van der Waals surface area contributed by atoms with Gasteiger partial charge in [0.1, 0.15) is 0 Å². The molecule has 0 radical (unpaired) electrons. The van der Waals surface area contributed by atoms with Crippen molar-refractivity contribution < 1.29 is 4.79 Å². The van der Waals surface area contributed by atoms with Gasteiger partial charge in [-0.3, -0.25) is 4.79 Å². The first-order valence-electron chi connectivity index (χ1n) is 6.00. The van der Waals surface area contributed by atoms with Crippen molar-refractivity contribution in [1.29, 1.82) is 0 Å². The van der Waals surface area contributed by atoms with Crippen LogP contribution in [-0.2, 0) is 0 Å². The SMILES string of the molecule is Cc1ccc(C(=O)C2CCNCC2)cc1C. The molecule has 16 heavy (non-hydrogen) atoms. The Kier molecular flexibility index (Phi) is 3.39. The third kappa shape index (κ3) is 2.33. The van der Waals surface area contributed by atoms with Crippen LogP contribution in [0.4, 0.5) is 0 Å². The highest BCUT2D eigenvalue weighted by molar-refractivity contribution is 5.98. The quantitative estimate of drug-likeness (QED) is 0.771. The first-order valence-corrected chi connectivity index (χ1v) is 6.00. The molecule has 1 heterocycles. The minimum atomic E-state index is 0.225. The Morgan fingerprint density at radius 2 is 1.88 bits per heavy atom. The Labute approximate surface area is 97.1 Å². The molecule has 0 unspecified atom stereocenters. The van der Waals surface area contributed by atoms with Crippen molar-refractivity contribution in [3.05, 3.63) is 34.9 Å². The second-order valence-corrected chi connectivity index (χ2v) is 4.69.